The molecule has 2 saturated heterocycles. The molecule has 0 aromatic rings. The lowest BCUT2D eigenvalue weighted by Gasteiger charge is -2.36. The minimum absolute atomic E-state index is 0.331. The summed E-state index contributed by atoms with van der Waals surface area (Å²) in [5.74, 6) is 3.01. The Morgan fingerprint density at radius 1 is 1.10 bits per heavy atom. The van der Waals surface area contributed by atoms with Crippen molar-refractivity contribution < 1.29 is 4.79 Å². The largest absolute Gasteiger partial charge is 0.341 e. The molecule has 4 nitrogen and oxygen atoms in total. The van der Waals surface area contributed by atoms with Crippen molar-refractivity contribution in [3.05, 3.63) is 0 Å². The standard InChI is InChI=1S/C16H29N3O/c1-11-5-12(2)7-19(6-11)16(20)10-18-8-13-3-4-15(17)14(13)9-18/h11-15H,3-10,17H2,1-2H3. The lowest BCUT2D eigenvalue weighted by atomic mass is 9.92. The summed E-state index contributed by atoms with van der Waals surface area (Å²) >= 11 is 0. The lowest BCUT2D eigenvalue weighted by molar-refractivity contribution is -0.134. The summed E-state index contributed by atoms with van der Waals surface area (Å²) in [6.07, 6.45) is 3.69. The van der Waals surface area contributed by atoms with Crippen molar-refractivity contribution in [1.29, 1.82) is 0 Å². The molecular weight excluding hydrogens is 250 g/mol. The molecule has 1 aliphatic carbocycles. The maximum Gasteiger partial charge on any atom is 0.236 e. The fraction of sp³-hybridized carbons (Fsp3) is 0.938. The van der Waals surface area contributed by atoms with Crippen LogP contribution in [0.2, 0.25) is 0 Å². The SMILES string of the molecule is CC1CC(C)CN(C(=O)CN2CC3CCC(N)C3C2)C1. The van der Waals surface area contributed by atoms with Crippen molar-refractivity contribution >= 4 is 5.91 Å². The first-order valence-corrected chi connectivity index (χ1v) is 8.28. The van der Waals surface area contributed by atoms with Crippen LogP contribution in [-0.4, -0.2) is 54.5 Å². The first-order chi connectivity index (χ1) is 9.52. The highest BCUT2D eigenvalue weighted by Gasteiger charge is 2.41. The van der Waals surface area contributed by atoms with Crippen LogP contribution in [0.3, 0.4) is 0 Å². The van der Waals surface area contributed by atoms with Crippen molar-refractivity contribution in [2.45, 2.75) is 39.2 Å². The molecule has 1 amide bonds. The van der Waals surface area contributed by atoms with E-state index >= 15 is 0 Å². The van der Waals surface area contributed by atoms with Crippen LogP contribution in [0.15, 0.2) is 0 Å². The summed E-state index contributed by atoms with van der Waals surface area (Å²) in [6.45, 7) is 9.15. The van der Waals surface area contributed by atoms with Gasteiger partial charge in [-0.25, -0.2) is 0 Å². The highest BCUT2D eigenvalue weighted by molar-refractivity contribution is 5.78. The molecule has 0 bridgehead atoms. The van der Waals surface area contributed by atoms with Gasteiger partial charge in [0, 0.05) is 32.2 Å². The zero-order valence-electron chi connectivity index (χ0n) is 12.9. The van der Waals surface area contributed by atoms with Gasteiger partial charge in [0.05, 0.1) is 6.54 Å². The third-order valence-electron chi connectivity index (χ3n) is 5.57. The van der Waals surface area contributed by atoms with Crippen LogP contribution >= 0.6 is 0 Å². The number of hydrogen-bond donors (Lipinski definition) is 1. The summed E-state index contributed by atoms with van der Waals surface area (Å²) in [5.41, 5.74) is 6.17. The molecule has 3 rings (SSSR count). The fourth-order valence-corrected chi connectivity index (χ4v) is 4.69. The van der Waals surface area contributed by atoms with Crippen LogP contribution in [0.1, 0.15) is 33.1 Å². The quantitative estimate of drug-likeness (QED) is 0.825. The molecule has 0 aromatic heterocycles. The van der Waals surface area contributed by atoms with Crippen LogP contribution in [0, 0.1) is 23.7 Å². The van der Waals surface area contributed by atoms with Gasteiger partial charge in [0.15, 0.2) is 0 Å². The number of hydrogen-bond acceptors (Lipinski definition) is 3. The van der Waals surface area contributed by atoms with Crippen molar-refractivity contribution in [2.24, 2.45) is 29.4 Å². The van der Waals surface area contributed by atoms with Gasteiger partial charge in [0.25, 0.3) is 0 Å². The summed E-state index contributed by atoms with van der Waals surface area (Å²) in [5, 5.41) is 0. The second-order valence-corrected chi connectivity index (χ2v) is 7.60. The smallest absolute Gasteiger partial charge is 0.236 e. The Balaban J connectivity index is 1.52. The van der Waals surface area contributed by atoms with Gasteiger partial charge in [-0.2, -0.15) is 0 Å². The fourth-order valence-electron chi connectivity index (χ4n) is 4.69. The maximum atomic E-state index is 12.5. The van der Waals surface area contributed by atoms with E-state index in [2.05, 4.69) is 23.6 Å². The minimum atomic E-state index is 0.331. The monoisotopic (exact) mass is 279 g/mol. The molecule has 0 spiro atoms. The van der Waals surface area contributed by atoms with Crippen molar-refractivity contribution in [3.8, 4) is 0 Å². The molecule has 0 aromatic carbocycles. The average molecular weight is 279 g/mol. The molecule has 1 saturated carbocycles. The first-order valence-electron chi connectivity index (χ1n) is 8.28. The molecule has 5 unspecified atom stereocenters. The Morgan fingerprint density at radius 2 is 1.80 bits per heavy atom. The summed E-state index contributed by atoms with van der Waals surface area (Å²) < 4.78 is 0. The number of rotatable bonds is 2. The van der Waals surface area contributed by atoms with Crippen molar-refractivity contribution in [3.63, 3.8) is 0 Å². The van der Waals surface area contributed by atoms with Gasteiger partial charge in [0.1, 0.15) is 0 Å². The van der Waals surface area contributed by atoms with Crippen LogP contribution < -0.4 is 5.73 Å². The molecule has 2 heterocycles. The Hall–Kier alpha value is -0.610. The molecule has 3 aliphatic rings. The molecule has 4 heteroatoms. The third-order valence-corrected chi connectivity index (χ3v) is 5.57. The molecule has 20 heavy (non-hydrogen) atoms. The van der Waals surface area contributed by atoms with Crippen molar-refractivity contribution in [2.75, 3.05) is 32.7 Å². The van der Waals surface area contributed by atoms with E-state index in [1.165, 1.54) is 19.3 Å². The Labute approximate surface area is 122 Å². The number of nitrogens with zero attached hydrogens (tertiary/aromatic N) is 2. The Kier molecular flexibility index (Phi) is 4.04. The van der Waals surface area contributed by atoms with Gasteiger partial charge in [0.2, 0.25) is 5.91 Å². The number of nitrogens with two attached hydrogens (primary N) is 1. The van der Waals surface area contributed by atoms with Crippen molar-refractivity contribution in [1.82, 2.24) is 9.80 Å². The van der Waals surface area contributed by atoms with E-state index in [4.69, 9.17) is 5.73 Å². The Morgan fingerprint density at radius 3 is 2.45 bits per heavy atom. The average Bonchev–Trinajstić information content (AvgIpc) is 2.91. The second kappa shape index (κ2) is 5.64. The highest BCUT2D eigenvalue weighted by atomic mass is 16.2. The number of carbonyl (C=O) groups is 1. The van der Waals surface area contributed by atoms with Crippen LogP contribution in [0.25, 0.3) is 0 Å². The number of fused-ring (bicyclic) bond motifs is 1. The van der Waals surface area contributed by atoms with E-state index in [1.54, 1.807) is 0 Å². The third kappa shape index (κ3) is 2.86. The molecule has 5 atom stereocenters. The number of piperidine rings is 1. The number of likely N-dealkylation sites (tertiary alicyclic amines) is 2. The number of amides is 1. The lowest BCUT2D eigenvalue weighted by Crippen LogP contribution is -2.47. The van der Waals surface area contributed by atoms with Gasteiger partial charge in [-0.15, -0.1) is 0 Å². The molecule has 3 fully saturated rings. The number of carbonyl (C=O) groups excluding carboxylic acids is 1. The van der Waals surface area contributed by atoms with E-state index in [0.717, 1.165) is 32.1 Å². The summed E-state index contributed by atoms with van der Waals surface area (Å²) in [7, 11) is 0. The first kappa shape index (κ1) is 14.3. The molecular formula is C16H29N3O. The second-order valence-electron chi connectivity index (χ2n) is 7.60. The highest BCUT2D eigenvalue weighted by Crippen LogP contribution is 2.37. The van der Waals surface area contributed by atoms with Crippen LogP contribution in [0.5, 0.6) is 0 Å². The zero-order valence-corrected chi connectivity index (χ0v) is 12.9. The molecule has 2 N–H and O–H groups in total. The van der Waals surface area contributed by atoms with Crippen LogP contribution in [0.4, 0.5) is 0 Å². The predicted molar refractivity (Wildman–Crippen MR) is 80.2 cm³/mol. The zero-order chi connectivity index (χ0) is 14.3. The van der Waals surface area contributed by atoms with Gasteiger partial charge in [-0.3, -0.25) is 9.69 Å². The molecule has 0 radical (unpaired) electrons. The summed E-state index contributed by atoms with van der Waals surface area (Å²) in [4.78, 5) is 16.9. The van der Waals surface area contributed by atoms with Gasteiger partial charge >= 0.3 is 0 Å². The van der Waals surface area contributed by atoms with E-state index in [9.17, 15) is 4.79 Å². The van der Waals surface area contributed by atoms with Gasteiger partial charge < -0.3 is 10.6 Å². The predicted octanol–water partition coefficient (Wildman–Crippen LogP) is 1.16. The van der Waals surface area contributed by atoms with E-state index in [0.29, 0.717) is 36.2 Å². The van der Waals surface area contributed by atoms with E-state index in [-0.39, 0.29) is 0 Å². The topological polar surface area (TPSA) is 49.6 Å². The summed E-state index contributed by atoms with van der Waals surface area (Å²) in [6, 6.07) is 0.370. The van der Waals surface area contributed by atoms with Gasteiger partial charge in [-0.1, -0.05) is 13.8 Å². The normalized spacial score (nSPS) is 42.0. The molecule has 2 aliphatic heterocycles. The molecule has 114 valence electrons. The Bertz CT molecular complexity index is 363. The van der Waals surface area contributed by atoms with E-state index in [1.807, 2.05) is 0 Å². The minimum Gasteiger partial charge on any atom is -0.341 e. The maximum absolute atomic E-state index is 12.5. The van der Waals surface area contributed by atoms with Crippen LogP contribution in [-0.2, 0) is 4.79 Å². The van der Waals surface area contributed by atoms with Gasteiger partial charge in [-0.05, 0) is 42.9 Å². The van der Waals surface area contributed by atoms with E-state index < -0.39 is 0 Å².